The quantitative estimate of drug-likeness (QED) is 0.710. The van der Waals surface area contributed by atoms with Crippen LogP contribution in [0.15, 0.2) is 35.1 Å². The average Bonchev–Trinajstić information content (AvgIpc) is 3.15. The van der Waals surface area contributed by atoms with Gasteiger partial charge in [0.1, 0.15) is 17.2 Å². The Balaban J connectivity index is 1.18. The Bertz CT molecular complexity index is 878. The highest BCUT2D eigenvalue weighted by Crippen LogP contribution is 2.42. The highest BCUT2D eigenvalue weighted by atomic mass is 16.5. The van der Waals surface area contributed by atoms with Crippen molar-refractivity contribution in [3.05, 3.63) is 35.7 Å². The number of nitrogens with one attached hydrogen (secondary N) is 3. The van der Waals surface area contributed by atoms with E-state index >= 15 is 0 Å². The minimum absolute atomic E-state index is 0.0284. The van der Waals surface area contributed by atoms with E-state index in [9.17, 15) is 0 Å². The zero-order valence-corrected chi connectivity index (χ0v) is 17.6. The molecule has 4 aliphatic heterocycles. The molecule has 4 heterocycles. The standard InChI is InChI=1S/C23H31N5O2/c1-22(6-7-22)30-16-3-4-18-17(13-16)21(27-26-18)19-14-20(25-15-24-19)28-10-8-23(9-11-28)5-2-12-29-23/h3-4,13-15,19,21,26-27H,2,5-12H2,1H3,(H,24,25)/t19-,21-/m1/s1. The molecule has 2 atom stereocenters. The molecule has 0 radical (unpaired) electrons. The van der Waals surface area contributed by atoms with Crippen molar-refractivity contribution in [2.45, 2.75) is 68.7 Å². The predicted octanol–water partition coefficient (Wildman–Crippen LogP) is 3.08. The van der Waals surface area contributed by atoms with Crippen molar-refractivity contribution >= 4 is 12.0 Å². The minimum atomic E-state index is 0.0284. The van der Waals surface area contributed by atoms with E-state index in [2.05, 4.69) is 57.3 Å². The monoisotopic (exact) mass is 409 g/mol. The second-order valence-electron chi connectivity index (χ2n) is 9.65. The molecular weight excluding hydrogens is 378 g/mol. The number of benzene rings is 1. The van der Waals surface area contributed by atoms with E-state index in [1.165, 1.54) is 18.4 Å². The van der Waals surface area contributed by atoms with E-state index in [1.54, 1.807) is 0 Å². The molecule has 3 N–H and O–H groups in total. The van der Waals surface area contributed by atoms with Gasteiger partial charge in [0.05, 0.1) is 29.7 Å². The average molecular weight is 410 g/mol. The number of nitrogens with zero attached hydrogens (tertiary/aromatic N) is 2. The summed E-state index contributed by atoms with van der Waals surface area (Å²) in [5.41, 5.74) is 9.29. The molecule has 3 fully saturated rings. The lowest BCUT2D eigenvalue weighted by atomic mass is 9.88. The molecule has 5 aliphatic rings. The Morgan fingerprint density at radius 1 is 1.17 bits per heavy atom. The van der Waals surface area contributed by atoms with Gasteiger partial charge in [0.15, 0.2) is 0 Å². The SMILES string of the molecule is CC1(Oc2ccc3c(c2)[C@H]([C@H]2C=C(N4CCC5(CCCO5)CC4)N=CN2)NN3)CC1. The molecule has 0 unspecified atom stereocenters. The lowest BCUT2D eigenvalue weighted by Crippen LogP contribution is -2.46. The molecule has 160 valence electrons. The molecule has 0 aromatic heterocycles. The van der Waals surface area contributed by atoms with Crippen LogP contribution < -0.4 is 20.9 Å². The second kappa shape index (κ2) is 6.89. The Morgan fingerprint density at radius 2 is 2.03 bits per heavy atom. The Labute approximate surface area is 177 Å². The molecule has 2 saturated heterocycles. The Kier molecular flexibility index (Phi) is 4.25. The van der Waals surface area contributed by atoms with Crippen molar-refractivity contribution in [2.24, 2.45) is 4.99 Å². The molecule has 0 amide bonds. The summed E-state index contributed by atoms with van der Waals surface area (Å²) < 4.78 is 12.3. The molecule has 1 aromatic carbocycles. The maximum absolute atomic E-state index is 6.20. The summed E-state index contributed by atoms with van der Waals surface area (Å²) in [4.78, 5) is 7.07. The first kappa shape index (κ1) is 18.5. The van der Waals surface area contributed by atoms with E-state index in [0.29, 0.717) is 0 Å². The lowest BCUT2D eigenvalue weighted by molar-refractivity contribution is -0.0380. The summed E-state index contributed by atoms with van der Waals surface area (Å²) >= 11 is 0. The fraction of sp³-hybridized carbons (Fsp3) is 0.609. The third-order valence-corrected chi connectivity index (χ3v) is 7.37. The fourth-order valence-corrected chi connectivity index (χ4v) is 5.17. The topological polar surface area (TPSA) is 70.2 Å². The van der Waals surface area contributed by atoms with Crippen LogP contribution in [0, 0.1) is 0 Å². The van der Waals surface area contributed by atoms with Crippen molar-refractivity contribution in [1.29, 1.82) is 0 Å². The molecule has 7 heteroatoms. The van der Waals surface area contributed by atoms with Gasteiger partial charge in [0.25, 0.3) is 0 Å². The van der Waals surface area contributed by atoms with Gasteiger partial charge < -0.3 is 25.1 Å². The van der Waals surface area contributed by atoms with E-state index in [-0.39, 0.29) is 23.3 Å². The van der Waals surface area contributed by atoms with Gasteiger partial charge in [0, 0.05) is 25.3 Å². The van der Waals surface area contributed by atoms with Gasteiger partial charge in [-0.3, -0.25) is 0 Å². The van der Waals surface area contributed by atoms with Gasteiger partial charge in [0.2, 0.25) is 0 Å². The number of rotatable bonds is 4. The van der Waals surface area contributed by atoms with Crippen LogP contribution >= 0.6 is 0 Å². The smallest absolute Gasteiger partial charge is 0.128 e. The summed E-state index contributed by atoms with van der Waals surface area (Å²) in [6.07, 6.45) is 11.0. The van der Waals surface area contributed by atoms with Crippen LogP contribution in [0.1, 0.15) is 57.1 Å². The summed E-state index contributed by atoms with van der Waals surface area (Å²) in [5, 5.41) is 3.44. The summed E-state index contributed by atoms with van der Waals surface area (Å²) in [6.45, 7) is 5.14. The summed E-state index contributed by atoms with van der Waals surface area (Å²) in [7, 11) is 0. The molecule has 1 aliphatic carbocycles. The van der Waals surface area contributed by atoms with Crippen LogP contribution in [-0.4, -0.2) is 48.2 Å². The largest absolute Gasteiger partial charge is 0.488 e. The number of hydrogen-bond donors (Lipinski definition) is 3. The first-order valence-corrected chi connectivity index (χ1v) is 11.4. The number of aliphatic imine (C=N–C) groups is 1. The normalized spacial score (nSPS) is 30.4. The van der Waals surface area contributed by atoms with Crippen LogP contribution in [0.2, 0.25) is 0 Å². The number of anilines is 1. The van der Waals surface area contributed by atoms with Crippen molar-refractivity contribution in [2.75, 3.05) is 25.1 Å². The highest BCUT2D eigenvalue weighted by molar-refractivity contribution is 5.63. The molecule has 30 heavy (non-hydrogen) atoms. The van der Waals surface area contributed by atoms with Crippen LogP contribution in [0.5, 0.6) is 5.75 Å². The number of hydrazine groups is 1. The number of hydrogen-bond acceptors (Lipinski definition) is 7. The third kappa shape index (κ3) is 3.34. The van der Waals surface area contributed by atoms with Crippen molar-refractivity contribution in [3.8, 4) is 5.75 Å². The van der Waals surface area contributed by atoms with E-state index < -0.39 is 0 Å². The predicted molar refractivity (Wildman–Crippen MR) is 116 cm³/mol. The van der Waals surface area contributed by atoms with E-state index in [4.69, 9.17) is 9.47 Å². The zero-order valence-electron chi connectivity index (χ0n) is 17.6. The molecule has 6 rings (SSSR count). The summed E-state index contributed by atoms with van der Waals surface area (Å²) in [5.74, 6) is 2.02. The first-order chi connectivity index (χ1) is 14.6. The van der Waals surface area contributed by atoms with Gasteiger partial charge in [-0.15, -0.1) is 0 Å². The fourth-order valence-electron chi connectivity index (χ4n) is 5.17. The number of ether oxygens (including phenoxy) is 2. The maximum atomic E-state index is 6.20. The van der Waals surface area contributed by atoms with E-state index in [0.717, 1.165) is 62.6 Å². The molecule has 7 nitrogen and oxygen atoms in total. The number of likely N-dealkylation sites (tertiary alicyclic amines) is 1. The Morgan fingerprint density at radius 3 is 2.80 bits per heavy atom. The molecular formula is C23H31N5O2. The van der Waals surface area contributed by atoms with Crippen molar-refractivity contribution in [1.82, 2.24) is 15.6 Å². The van der Waals surface area contributed by atoms with Gasteiger partial charge in [-0.25, -0.2) is 10.4 Å². The lowest BCUT2D eigenvalue weighted by Gasteiger charge is -2.40. The zero-order chi connectivity index (χ0) is 20.2. The van der Waals surface area contributed by atoms with E-state index in [1.807, 2.05) is 6.34 Å². The summed E-state index contributed by atoms with van der Waals surface area (Å²) in [6, 6.07) is 6.59. The van der Waals surface area contributed by atoms with Crippen molar-refractivity contribution < 1.29 is 9.47 Å². The molecule has 1 spiro atoms. The van der Waals surface area contributed by atoms with Gasteiger partial charge in [-0.1, -0.05) is 0 Å². The van der Waals surface area contributed by atoms with Gasteiger partial charge in [-0.2, -0.15) is 0 Å². The molecule has 1 saturated carbocycles. The van der Waals surface area contributed by atoms with Crippen LogP contribution in [-0.2, 0) is 4.74 Å². The van der Waals surface area contributed by atoms with Crippen LogP contribution in [0.3, 0.4) is 0 Å². The maximum Gasteiger partial charge on any atom is 0.128 e. The molecule has 0 bridgehead atoms. The highest BCUT2D eigenvalue weighted by Gasteiger charge is 2.41. The third-order valence-electron chi connectivity index (χ3n) is 7.37. The van der Waals surface area contributed by atoms with Crippen molar-refractivity contribution in [3.63, 3.8) is 0 Å². The van der Waals surface area contributed by atoms with Crippen LogP contribution in [0.25, 0.3) is 0 Å². The van der Waals surface area contributed by atoms with Gasteiger partial charge in [-0.05, 0) is 69.7 Å². The van der Waals surface area contributed by atoms with Gasteiger partial charge >= 0.3 is 0 Å². The minimum Gasteiger partial charge on any atom is -0.488 e. The second-order valence-corrected chi connectivity index (χ2v) is 9.65. The Hall–Kier alpha value is -2.25. The number of fused-ring (bicyclic) bond motifs is 1. The molecule has 1 aromatic rings. The first-order valence-electron chi connectivity index (χ1n) is 11.4. The van der Waals surface area contributed by atoms with Crippen LogP contribution in [0.4, 0.5) is 5.69 Å². The number of piperidine rings is 1.